The molecule has 1 aromatic carbocycles. The van der Waals surface area contributed by atoms with Crippen molar-refractivity contribution >= 4 is 17.5 Å². The van der Waals surface area contributed by atoms with Crippen LogP contribution in [-0.4, -0.2) is 29.1 Å². The fraction of sp³-hybridized carbons (Fsp3) is 0.529. The fourth-order valence-electron chi connectivity index (χ4n) is 3.06. The van der Waals surface area contributed by atoms with Crippen LogP contribution >= 0.6 is 0 Å². The van der Waals surface area contributed by atoms with Crippen molar-refractivity contribution in [2.45, 2.75) is 44.1 Å². The molecule has 1 saturated carbocycles. The van der Waals surface area contributed by atoms with E-state index in [1.165, 1.54) is 0 Å². The Hall–Kier alpha value is -1.88. The van der Waals surface area contributed by atoms with Crippen LogP contribution in [0.15, 0.2) is 24.3 Å². The maximum atomic E-state index is 12.1. The predicted octanol–water partition coefficient (Wildman–Crippen LogP) is 1.61. The number of amides is 2. The molecule has 1 heterocycles. The highest BCUT2D eigenvalue weighted by atomic mass is 16.3. The van der Waals surface area contributed by atoms with Gasteiger partial charge in [0.2, 0.25) is 11.8 Å². The molecule has 2 aliphatic rings. The second-order valence-corrected chi connectivity index (χ2v) is 6.44. The van der Waals surface area contributed by atoms with Gasteiger partial charge in [0.15, 0.2) is 0 Å². The largest absolute Gasteiger partial charge is 0.388 e. The van der Waals surface area contributed by atoms with Gasteiger partial charge in [-0.3, -0.25) is 9.59 Å². The fourth-order valence-corrected chi connectivity index (χ4v) is 3.06. The van der Waals surface area contributed by atoms with E-state index in [2.05, 4.69) is 10.6 Å². The molecule has 118 valence electrons. The van der Waals surface area contributed by atoms with Gasteiger partial charge in [-0.2, -0.15) is 0 Å². The van der Waals surface area contributed by atoms with Crippen molar-refractivity contribution in [2.75, 3.05) is 11.9 Å². The number of anilines is 1. The first-order valence-electron chi connectivity index (χ1n) is 7.94. The Balaban J connectivity index is 1.47. The average Bonchev–Trinajstić information content (AvgIpc) is 2.49. The minimum absolute atomic E-state index is 0.0101. The Morgan fingerprint density at radius 2 is 2.14 bits per heavy atom. The number of hydrogen-bond donors (Lipinski definition) is 3. The van der Waals surface area contributed by atoms with E-state index >= 15 is 0 Å². The van der Waals surface area contributed by atoms with Crippen molar-refractivity contribution in [3.8, 4) is 0 Å². The zero-order valence-electron chi connectivity index (χ0n) is 12.6. The van der Waals surface area contributed by atoms with Crippen LogP contribution in [0.1, 0.15) is 37.7 Å². The van der Waals surface area contributed by atoms with Gasteiger partial charge in [-0.15, -0.1) is 0 Å². The summed E-state index contributed by atoms with van der Waals surface area (Å²) in [6.45, 7) is 0.325. The second kappa shape index (κ2) is 6.08. The summed E-state index contributed by atoms with van der Waals surface area (Å²) in [4.78, 5) is 23.9. The van der Waals surface area contributed by atoms with Crippen LogP contribution in [-0.2, 0) is 16.0 Å². The number of carbonyl (C=O) groups is 2. The number of fused-ring (bicyclic) bond motifs is 1. The van der Waals surface area contributed by atoms with E-state index in [4.69, 9.17) is 0 Å². The molecule has 1 fully saturated rings. The van der Waals surface area contributed by atoms with Crippen molar-refractivity contribution in [1.29, 1.82) is 0 Å². The third-order valence-electron chi connectivity index (χ3n) is 4.73. The molecule has 22 heavy (non-hydrogen) atoms. The lowest BCUT2D eigenvalue weighted by Gasteiger charge is -2.36. The highest BCUT2D eigenvalue weighted by Crippen LogP contribution is 2.31. The van der Waals surface area contributed by atoms with Gasteiger partial charge in [0.1, 0.15) is 0 Å². The van der Waals surface area contributed by atoms with Gasteiger partial charge in [-0.05, 0) is 43.7 Å². The Morgan fingerprint density at radius 3 is 2.86 bits per heavy atom. The molecule has 0 spiro atoms. The van der Waals surface area contributed by atoms with Gasteiger partial charge in [-0.25, -0.2) is 0 Å². The van der Waals surface area contributed by atoms with E-state index in [0.29, 0.717) is 25.8 Å². The number of rotatable bonds is 5. The third kappa shape index (κ3) is 3.30. The van der Waals surface area contributed by atoms with E-state index in [9.17, 15) is 14.7 Å². The molecule has 1 unspecified atom stereocenters. The van der Waals surface area contributed by atoms with Crippen molar-refractivity contribution in [2.24, 2.45) is 5.92 Å². The van der Waals surface area contributed by atoms with Crippen molar-refractivity contribution in [1.82, 2.24) is 5.32 Å². The molecule has 0 radical (unpaired) electrons. The third-order valence-corrected chi connectivity index (χ3v) is 4.73. The minimum atomic E-state index is -0.698. The lowest BCUT2D eigenvalue weighted by atomic mass is 9.80. The average molecular weight is 302 g/mol. The van der Waals surface area contributed by atoms with E-state index < -0.39 is 5.60 Å². The standard InChI is InChI=1S/C17H22N2O3/c20-15(18-11-17(22)8-3-9-17)7-6-13-10-12-4-1-2-5-14(12)19-16(13)21/h1-2,4-5,13,22H,3,6-11H2,(H,18,20)(H,19,21). The van der Waals surface area contributed by atoms with Crippen LogP contribution < -0.4 is 10.6 Å². The van der Waals surface area contributed by atoms with Crippen LogP contribution in [0, 0.1) is 5.92 Å². The second-order valence-electron chi connectivity index (χ2n) is 6.44. The summed E-state index contributed by atoms with van der Waals surface area (Å²) in [6.07, 6.45) is 4.07. The number of carbonyl (C=O) groups excluding carboxylic acids is 2. The topological polar surface area (TPSA) is 78.4 Å². The molecule has 0 aromatic heterocycles. The van der Waals surface area contributed by atoms with E-state index in [1.807, 2.05) is 24.3 Å². The van der Waals surface area contributed by atoms with Crippen molar-refractivity contribution < 1.29 is 14.7 Å². The zero-order valence-corrected chi connectivity index (χ0v) is 12.6. The number of hydrogen-bond acceptors (Lipinski definition) is 3. The van der Waals surface area contributed by atoms with E-state index in [1.54, 1.807) is 0 Å². The molecule has 1 aliphatic carbocycles. The minimum Gasteiger partial charge on any atom is -0.388 e. The van der Waals surface area contributed by atoms with Crippen LogP contribution in [0.2, 0.25) is 0 Å². The van der Waals surface area contributed by atoms with Gasteiger partial charge < -0.3 is 15.7 Å². The number of benzene rings is 1. The smallest absolute Gasteiger partial charge is 0.227 e. The summed E-state index contributed by atoms with van der Waals surface area (Å²) in [6, 6.07) is 7.76. The normalized spacial score (nSPS) is 22.2. The molecule has 3 rings (SSSR count). The number of nitrogens with one attached hydrogen (secondary N) is 2. The summed E-state index contributed by atoms with van der Waals surface area (Å²) in [5.41, 5.74) is 1.30. The molecule has 0 saturated heterocycles. The van der Waals surface area contributed by atoms with Crippen LogP contribution in [0.4, 0.5) is 5.69 Å². The lowest BCUT2D eigenvalue weighted by molar-refractivity contribution is -0.124. The van der Waals surface area contributed by atoms with E-state index in [-0.39, 0.29) is 17.7 Å². The molecule has 3 N–H and O–H groups in total. The van der Waals surface area contributed by atoms with Crippen LogP contribution in [0.3, 0.4) is 0 Å². The van der Waals surface area contributed by atoms with Crippen molar-refractivity contribution in [3.63, 3.8) is 0 Å². The van der Waals surface area contributed by atoms with Crippen molar-refractivity contribution in [3.05, 3.63) is 29.8 Å². The Labute approximate surface area is 130 Å². The molecular weight excluding hydrogens is 280 g/mol. The summed E-state index contributed by atoms with van der Waals surface area (Å²) < 4.78 is 0. The molecule has 2 amide bonds. The molecular formula is C17H22N2O3. The monoisotopic (exact) mass is 302 g/mol. The maximum Gasteiger partial charge on any atom is 0.227 e. The molecule has 1 atom stereocenters. The van der Waals surface area contributed by atoms with Gasteiger partial charge in [0, 0.05) is 24.6 Å². The van der Waals surface area contributed by atoms with Crippen LogP contribution in [0.25, 0.3) is 0 Å². The maximum absolute atomic E-state index is 12.1. The van der Waals surface area contributed by atoms with Gasteiger partial charge in [-0.1, -0.05) is 18.2 Å². The first-order valence-corrected chi connectivity index (χ1v) is 7.94. The summed E-state index contributed by atoms with van der Waals surface area (Å²) >= 11 is 0. The van der Waals surface area contributed by atoms with Gasteiger partial charge >= 0.3 is 0 Å². The molecule has 1 aliphatic heterocycles. The zero-order chi connectivity index (χ0) is 15.6. The Morgan fingerprint density at radius 1 is 1.36 bits per heavy atom. The quantitative estimate of drug-likeness (QED) is 0.773. The van der Waals surface area contributed by atoms with E-state index in [0.717, 1.165) is 30.5 Å². The lowest BCUT2D eigenvalue weighted by Crippen LogP contribution is -2.47. The summed E-state index contributed by atoms with van der Waals surface area (Å²) in [5, 5.41) is 15.6. The molecule has 5 heteroatoms. The number of para-hydroxylation sites is 1. The first kappa shape index (κ1) is 15.0. The molecule has 1 aromatic rings. The predicted molar refractivity (Wildman–Crippen MR) is 83.3 cm³/mol. The SMILES string of the molecule is O=C(CCC1Cc2ccccc2NC1=O)NCC1(O)CCC1. The Bertz CT molecular complexity index is 581. The number of aliphatic hydroxyl groups is 1. The highest BCUT2D eigenvalue weighted by Gasteiger charge is 2.34. The Kier molecular flexibility index (Phi) is 4.16. The van der Waals surface area contributed by atoms with Crippen LogP contribution in [0.5, 0.6) is 0 Å². The molecule has 0 bridgehead atoms. The molecule has 5 nitrogen and oxygen atoms in total. The highest BCUT2D eigenvalue weighted by molar-refractivity contribution is 5.96. The van der Waals surface area contributed by atoms with Gasteiger partial charge in [0.25, 0.3) is 0 Å². The first-order chi connectivity index (χ1) is 10.6. The van der Waals surface area contributed by atoms with Gasteiger partial charge in [0.05, 0.1) is 5.60 Å². The summed E-state index contributed by atoms with van der Waals surface area (Å²) in [7, 11) is 0. The summed E-state index contributed by atoms with van der Waals surface area (Å²) in [5.74, 6) is -0.261.